The number of rotatable bonds is 5. The minimum absolute atomic E-state index is 0.00132. The summed E-state index contributed by atoms with van der Waals surface area (Å²) in [4.78, 5) is 37.7. The maximum atomic E-state index is 12.9. The molecule has 1 aromatic carbocycles. The number of methoxy groups -OCH3 is 1. The number of benzene rings is 1. The van der Waals surface area contributed by atoms with Crippen molar-refractivity contribution in [1.29, 1.82) is 0 Å². The zero-order chi connectivity index (χ0) is 22.1. The van der Waals surface area contributed by atoms with E-state index in [4.69, 9.17) is 9.15 Å². The van der Waals surface area contributed by atoms with Gasteiger partial charge in [0.25, 0.3) is 11.1 Å². The molecule has 1 aromatic heterocycles. The first-order valence-electron chi connectivity index (χ1n) is 8.45. The molecule has 30 heavy (non-hydrogen) atoms. The molecule has 0 unspecified atom stereocenters. The second-order valence-electron chi connectivity index (χ2n) is 6.18. The molecule has 11 heteroatoms. The topological polar surface area (TPSA) is 88.8 Å². The van der Waals surface area contributed by atoms with Gasteiger partial charge in [0, 0.05) is 6.08 Å². The first-order valence-corrected chi connectivity index (χ1v) is 9.27. The smallest absolute Gasteiger partial charge is 0.416 e. The van der Waals surface area contributed by atoms with Gasteiger partial charge in [0.1, 0.15) is 23.8 Å². The Morgan fingerprint density at radius 3 is 2.60 bits per heavy atom. The molecule has 0 radical (unpaired) electrons. The lowest BCUT2D eigenvalue weighted by Gasteiger charge is -2.16. The molecular weight excluding hydrogens is 425 g/mol. The van der Waals surface area contributed by atoms with E-state index in [1.165, 1.54) is 13.2 Å². The fourth-order valence-electron chi connectivity index (χ4n) is 2.61. The number of anilines is 1. The standard InChI is InChI=1S/C19H15F3N2O5S/c1-10-3-5-12(29-10)8-15-17(26)24(18(27)30-15)9-16(25)23-13-7-11(19(20,21)22)4-6-14(13)28-2/h3-8H,9H2,1-2H3,(H,23,25)/b15-8-. The van der Waals surface area contributed by atoms with Crippen molar-refractivity contribution in [3.05, 3.63) is 52.3 Å². The molecule has 2 heterocycles. The fourth-order valence-corrected chi connectivity index (χ4v) is 3.43. The Balaban J connectivity index is 1.74. The summed E-state index contributed by atoms with van der Waals surface area (Å²) in [5.41, 5.74) is -1.22. The van der Waals surface area contributed by atoms with Crippen molar-refractivity contribution < 1.29 is 36.7 Å². The summed E-state index contributed by atoms with van der Waals surface area (Å²) in [6.45, 7) is 1.05. The summed E-state index contributed by atoms with van der Waals surface area (Å²) in [6, 6.07) is 5.89. The average Bonchev–Trinajstić information content (AvgIpc) is 3.19. The minimum Gasteiger partial charge on any atom is -0.495 e. The predicted molar refractivity (Wildman–Crippen MR) is 103 cm³/mol. The van der Waals surface area contributed by atoms with Crippen LogP contribution in [-0.2, 0) is 15.8 Å². The normalized spacial score (nSPS) is 15.8. The van der Waals surface area contributed by atoms with Gasteiger partial charge in [-0.15, -0.1) is 0 Å². The van der Waals surface area contributed by atoms with E-state index in [9.17, 15) is 27.6 Å². The molecule has 0 bridgehead atoms. The highest BCUT2D eigenvalue weighted by Crippen LogP contribution is 2.35. The third kappa shape index (κ3) is 4.67. The largest absolute Gasteiger partial charge is 0.495 e. The predicted octanol–water partition coefficient (Wildman–Crippen LogP) is 4.29. The summed E-state index contributed by atoms with van der Waals surface area (Å²) >= 11 is 0.633. The van der Waals surface area contributed by atoms with Crippen LogP contribution in [0.25, 0.3) is 6.08 Å². The van der Waals surface area contributed by atoms with Crippen molar-refractivity contribution in [3.8, 4) is 5.75 Å². The van der Waals surface area contributed by atoms with Crippen LogP contribution in [-0.4, -0.2) is 35.6 Å². The molecule has 1 aliphatic rings. The van der Waals surface area contributed by atoms with Crippen molar-refractivity contribution in [3.63, 3.8) is 0 Å². The molecule has 7 nitrogen and oxygen atoms in total. The van der Waals surface area contributed by atoms with Crippen LogP contribution in [0.1, 0.15) is 17.1 Å². The Bertz CT molecular complexity index is 1050. The highest BCUT2D eigenvalue weighted by atomic mass is 32.2. The third-order valence-electron chi connectivity index (χ3n) is 4.01. The van der Waals surface area contributed by atoms with E-state index in [0.717, 1.165) is 12.1 Å². The summed E-state index contributed by atoms with van der Waals surface area (Å²) in [5, 5.41) is 1.57. The molecule has 3 rings (SSSR count). The first kappa shape index (κ1) is 21.5. The Morgan fingerprint density at radius 1 is 1.27 bits per heavy atom. The number of halogens is 3. The van der Waals surface area contributed by atoms with Crippen LogP contribution in [0.15, 0.2) is 39.7 Å². The van der Waals surface area contributed by atoms with Gasteiger partial charge in [-0.3, -0.25) is 19.3 Å². The van der Waals surface area contributed by atoms with E-state index in [1.54, 1.807) is 19.1 Å². The maximum absolute atomic E-state index is 12.9. The Kier molecular flexibility index (Phi) is 5.92. The highest BCUT2D eigenvalue weighted by Gasteiger charge is 2.37. The number of carbonyl (C=O) groups excluding carboxylic acids is 3. The summed E-state index contributed by atoms with van der Waals surface area (Å²) in [6.07, 6.45) is -3.24. The molecule has 0 atom stereocenters. The number of hydrogen-bond donors (Lipinski definition) is 1. The Morgan fingerprint density at radius 2 is 2.00 bits per heavy atom. The van der Waals surface area contributed by atoms with E-state index >= 15 is 0 Å². The molecule has 158 valence electrons. The van der Waals surface area contributed by atoms with Crippen molar-refractivity contribution in [2.24, 2.45) is 0 Å². The number of amides is 3. The molecule has 1 saturated heterocycles. The molecule has 1 fully saturated rings. The number of aryl methyl sites for hydroxylation is 1. The number of imide groups is 1. The molecule has 0 saturated carbocycles. The number of carbonyl (C=O) groups is 3. The SMILES string of the molecule is COc1ccc(C(F)(F)F)cc1NC(=O)CN1C(=O)S/C(=C\c2ccc(C)o2)C1=O. The molecule has 1 aliphatic heterocycles. The van der Waals surface area contributed by atoms with Crippen LogP contribution in [0.3, 0.4) is 0 Å². The number of ether oxygens (including phenoxy) is 1. The second kappa shape index (κ2) is 8.27. The molecule has 2 aromatic rings. The maximum Gasteiger partial charge on any atom is 0.416 e. The quantitative estimate of drug-likeness (QED) is 0.698. The number of furan rings is 1. The van der Waals surface area contributed by atoms with Crippen LogP contribution < -0.4 is 10.1 Å². The highest BCUT2D eigenvalue weighted by molar-refractivity contribution is 8.18. The van der Waals surface area contributed by atoms with Gasteiger partial charge in [0.15, 0.2) is 0 Å². The summed E-state index contributed by atoms with van der Waals surface area (Å²) in [7, 11) is 1.23. The lowest BCUT2D eigenvalue weighted by Crippen LogP contribution is -2.36. The van der Waals surface area contributed by atoms with Crippen LogP contribution >= 0.6 is 11.8 Å². The van der Waals surface area contributed by atoms with Gasteiger partial charge in [-0.05, 0) is 49.0 Å². The van der Waals surface area contributed by atoms with Crippen molar-refractivity contribution >= 4 is 40.6 Å². The molecular formula is C19H15F3N2O5S. The lowest BCUT2D eigenvalue weighted by molar-refractivity contribution is -0.137. The number of thioether (sulfide) groups is 1. The van der Waals surface area contributed by atoms with E-state index in [-0.39, 0.29) is 16.3 Å². The molecule has 0 spiro atoms. The number of hydrogen-bond acceptors (Lipinski definition) is 6. The van der Waals surface area contributed by atoms with Gasteiger partial charge in [-0.1, -0.05) is 0 Å². The van der Waals surface area contributed by atoms with Crippen molar-refractivity contribution in [2.45, 2.75) is 13.1 Å². The zero-order valence-electron chi connectivity index (χ0n) is 15.7. The number of nitrogens with one attached hydrogen (secondary N) is 1. The van der Waals surface area contributed by atoms with Crippen molar-refractivity contribution in [2.75, 3.05) is 19.0 Å². The second-order valence-corrected chi connectivity index (χ2v) is 7.17. The van der Waals surface area contributed by atoms with E-state index in [1.807, 2.05) is 0 Å². The number of nitrogens with zero attached hydrogens (tertiary/aromatic N) is 1. The van der Waals surface area contributed by atoms with Crippen LogP contribution in [0.2, 0.25) is 0 Å². The van der Waals surface area contributed by atoms with Crippen LogP contribution in [0.5, 0.6) is 5.75 Å². The third-order valence-corrected chi connectivity index (χ3v) is 4.92. The fraction of sp³-hybridized carbons (Fsp3) is 0.211. The summed E-state index contributed by atoms with van der Waals surface area (Å²) in [5.74, 6) is -0.570. The van der Waals surface area contributed by atoms with Crippen LogP contribution in [0.4, 0.5) is 23.7 Å². The molecule has 0 aliphatic carbocycles. The lowest BCUT2D eigenvalue weighted by atomic mass is 10.1. The minimum atomic E-state index is -4.62. The Labute approximate surface area is 172 Å². The van der Waals surface area contributed by atoms with E-state index in [0.29, 0.717) is 34.2 Å². The Hall–Kier alpha value is -3.21. The average molecular weight is 440 g/mol. The van der Waals surface area contributed by atoms with E-state index < -0.39 is 35.3 Å². The van der Waals surface area contributed by atoms with Gasteiger partial charge in [-0.25, -0.2) is 0 Å². The van der Waals surface area contributed by atoms with Gasteiger partial charge < -0.3 is 14.5 Å². The van der Waals surface area contributed by atoms with Gasteiger partial charge in [0.05, 0.1) is 23.3 Å². The molecule has 3 amide bonds. The van der Waals surface area contributed by atoms with Crippen LogP contribution in [0, 0.1) is 6.92 Å². The summed E-state index contributed by atoms with van der Waals surface area (Å²) < 4.78 is 49.1. The first-order chi connectivity index (χ1) is 14.1. The van der Waals surface area contributed by atoms with Crippen molar-refractivity contribution in [1.82, 2.24) is 4.90 Å². The zero-order valence-corrected chi connectivity index (χ0v) is 16.5. The van der Waals surface area contributed by atoms with E-state index in [2.05, 4.69) is 5.32 Å². The molecule has 1 N–H and O–H groups in total. The number of alkyl halides is 3. The monoisotopic (exact) mass is 440 g/mol. The van der Waals surface area contributed by atoms with Gasteiger partial charge in [0.2, 0.25) is 5.91 Å². The van der Waals surface area contributed by atoms with Gasteiger partial charge >= 0.3 is 6.18 Å². The van der Waals surface area contributed by atoms with Gasteiger partial charge in [-0.2, -0.15) is 13.2 Å².